The van der Waals surface area contributed by atoms with Crippen LogP contribution in [0, 0.1) is 18.6 Å². The Labute approximate surface area is 119 Å². The predicted octanol–water partition coefficient (Wildman–Crippen LogP) is 2.71. The van der Waals surface area contributed by atoms with Crippen LogP contribution >= 0.6 is 12.2 Å². The predicted molar refractivity (Wildman–Crippen MR) is 78.5 cm³/mol. The lowest BCUT2D eigenvalue weighted by Crippen LogP contribution is -2.23. The smallest absolute Gasteiger partial charge is 0.262 e. The van der Waals surface area contributed by atoms with Gasteiger partial charge in [-0.25, -0.2) is 0 Å². The molecule has 0 spiro atoms. The Morgan fingerprint density at radius 1 is 1.35 bits per heavy atom. The fraction of sp³-hybridized carbons (Fsp3) is 0.214. The highest BCUT2D eigenvalue weighted by molar-refractivity contribution is 7.71. The molecule has 2 aromatic heterocycles. The van der Waals surface area contributed by atoms with E-state index in [0.29, 0.717) is 22.5 Å². The molecule has 0 radical (unpaired) electrons. The molecule has 20 heavy (non-hydrogen) atoms. The van der Waals surface area contributed by atoms with Crippen molar-refractivity contribution < 1.29 is 4.52 Å². The molecular weight excluding hydrogens is 274 g/mol. The molecule has 5 nitrogen and oxygen atoms in total. The average Bonchev–Trinajstić information content (AvgIpc) is 2.74. The van der Waals surface area contributed by atoms with Gasteiger partial charge in [0.2, 0.25) is 0 Å². The summed E-state index contributed by atoms with van der Waals surface area (Å²) in [7, 11) is 0. The lowest BCUT2D eigenvalue weighted by Gasteiger charge is -2.07. The van der Waals surface area contributed by atoms with Crippen molar-refractivity contribution in [2.24, 2.45) is 0 Å². The quantitative estimate of drug-likeness (QED) is 0.736. The minimum Gasteiger partial charge on any atom is -0.361 e. The van der Waals surface area contributed by atoms with Crippen molar-refractivity contribution in [1.29, 1.82) is 0 Å². The molecule has 0 amide bonds. The number of hydrogen-bond acceptors (Lipinski definition) is 4. The van der Waals surface area contributed by atoms with Crippen LogP contribution in [-0.4, -0.2) is 14.7 Å². The van der Waals surface area contributed by atoms with Gasteiger partial charge in [-0.15, -0.1) is 0 Å². The van der Waals surface area contributed by atoms with Gasteiger partial charge in [-0.05, 0) is 38.2 Å². The number of para-hydroxylation sites is 1. The van der Waals surface area contributed by atoms with E-state index in [1.807, 2.05) is 32.0 Å². The van der Waals surface area contributed by atoms with Gasteiger partial charge in [-0.2, -0.15) is 0 Å². The summed E-state index contributed by atoms with van der Waals surface area (Å²) in [4.78, 5) is 15.6. The standard InChI is InChI=1S/C14H13N3O2S/c1-8-11(9(2)19-16-8)7-17-13(18)10-5-3-4-6-12(10)15-14(17)20/h3-6H,7H2,1-2H3,(H,15,20). The topological polar surface area (TPSA) is 63.8 Å². The molecule has 0 aliphatic heterocycles. The van der Waals surface area contributed by atoms with Crippen molar-refractivity contribution in [2.45, 2.75) is 20.4 Å². The minimum absolute atomic E-state index is 0.107. The largest absolute Gasteiger partial charge is 0.361 e. The Hall–Kier alpha value is -2.21. The number of nitrogens with zero attached hydrogens (tertiary/aromatic N) is 2. The lowest BCUT2D eigenvalue weighted by atomic mass is 10.2. The highest BCUT2D eigenvalue weighted by Gasteiger charge is 2.12. The van der Waals surface area contributed by atoms with Gasteiger partial charge in [0.1, 0.15) is 5.76 Å². The number of nitrogens with one attached hydrogen (secondary N) is 1. The summed E-state index contributed by atoms with van der Waals surface area (Å²) >= 11 is 5.28. The summed E-state index contributed by atoms with van der Waals surface area (Å²) < 4.78 is 7.05. The van der Waals surface area contributed by atoms with Gasteiger partial charge in [0.05, 0.1) is 23.1 Å². The summed E-state index contributed by atoms with van der Waals surface area (Å²) in [6.07, 6.45) is 0. The number of rotatable bonds is 2. The van der Waals surface area contributed by atoms with E-state index in [1.54, 1.807) is 6.07 Å². The number of hydrogen-bond donors (Lipinski definition) is 1. The number of aryl methyl sites for hydroxylation is 2. The van der Waals surface area contributed by atoms with Crippen LogP contribution in [0.1, 0.15) is 17.0 Å². The zero-order valence-electron chi connectivity index (χ0n) is 11.1. The first-order valence-corrected chi connectivity index (χ1v) is 6.62. The fourth-order valence-corrected chi connectivity index (χ4v) is 2.49. The first kappa shape index (κ1) is 12.8. The Bertz CT molecular complexity index is 885. The molecule has 3 aromatic rings. The Kier molecular flexibility index (Phi) is 3.02. The van der Waals surface area contributed by atoms with Crippen LogP contribution in [0.15, 0.2) is 33.6 Å². The zero-order chi connectivity index (χ0) is 14.3. The zero-order valence-corrected chi connectivity index (χ0v) is 12.0. The molecule has 102 valence electrons. The van der Waals surface area contributed by atoms with E-state index in [2.05, 4.69) is 10.1 Å². The third-order valence-corrected chi connectivity index (χ3v) is 3.71. The van der Waals surface area contributed by atoms with Gasteiger partial charge in [0.25, 0.3) is 5.56 Å². The SMILES string of the molecule is Cc1noc(C)c1Cn1c(=S)[nH]c2ccccc2c1=O. The Morgan fingerprint density at radius 2 is 2.10 bits per heavy atom. The summed E-state index contributed by atoms with van der Waals surface area (Å²) in [6, 6.07) is 7.33. The van der Waals surface area contributed by atoms with Crippen molar-refractivity contribution in [2.75, 3.05) is 0 Å². The highest BCUT2D eigenvalue weighted by atomic mass is 32.1. The maximum absolute atomic E-state index is 12.5. The van der Waals surface area contributed by atoms with Gasteiger partial charge in [0.15, 0.2) is 4.77 Å². The first-order valence-electron chi connectivity index (χ1n) is 6.21. The third kappa shape index (κ3) is 1.98. The maximum Gasteiger partial charge on any atom is 0.262 e. The van der Waals surface area contributed by atoms with Crippen LogP contribution in [0.5, 0.6) is 0 Å². The van der Waals surface area contributed by atoms with Crippen LogP contribution in [0.25, 0.3) is 10.9 Å². The molecule has 0 aliphatic rings. The number of aromatic nitrogens is 3. The van der Waals surface area contributed by atoms with Crippen LogP contribution in [0.4, 0.5) is 0 Å². The molecule has 6 heteroatoms. The van der Waals surface area contributed by atoms with E-state index >= 15 is 0 Å². The molecule has 0 fully saturated rings. The van der Waals surface area contributed by atoms with Crippen LogP contribution < -0.4 is 5.56 Å². The summed E-state index contributed by atoms with van der Waals surface area (Å²) in [5, 5.41) is 4.52. The molecule has 1 aromatic carbocycles. The van der Waals surface area contributed by atoms with Crippen molar-refractivity contribution in [3.05, 3.63) is 56.4 Å². The molecule has 1 N–H and O–H groups in total. The van der Waals surface area contributed by atoms with Crippen LogP contribution in [0.3, 0.4) is 0 Å². The molecule has 0 aliphatic carbocycles. The van der Waals surface area contributed by atoms with E-state index in [0.717, 1.165) is 16.8 Å². The normalized spacial score (nSPS) is 11.1. The van der Waals surface area contributed by atoms with Gasteiger partial charge in [-0.1, -0.05) is 17.3 Å². The molecular formula is C14H13N3O2S. The Balaban J connectivity index is 2.22. The average molecular weight is 287 g/mol. The second kappa shape index (κ2) is 4.72. The molecule has 3 rings (SSSR count). The van der Waals surface area contributed by atoms with E-state index < -0.39 is 0 Å². The second-order valence-electron chi connectivity index (χ2n) is 4.67. The number of aromatic amines is 1. The molecule has 0 saturated carbocycles. The van der Waals surface area contributed by atoms with Crippen molar-refractivity contribution in [3.63, 3.8) is 0 Å². The fourth-order valence-electron chi connectivity index (χ4n) is 2.23. The Morgan fingerprint density at radius 3 is 2.80 bits per heavy atom. The van der Waals surface area contributed by atoms with E-state index in [4.69, 9.17) is 16.7 Å². The maximum atomic E-state index is 12.5. The first-order chi connectivity index (χ1) is 9.58. The molecule has 2 heterocycles. The number of benzene rings is 1. The van der Waals surface area contributed by atoms with E-state index in [1.165, 1.54) is 4.57 Å². The van der Waals surface area contributed by atoms with Crippen molar-refractivity contribution >= 4 is 23.1 Å². The van der Waals surface area contributed by atoms with Gasteiger partial charge < -0.3 is 9.51 Å². The van der Waals surface area contributed by atoms with Gasteiger partial charge in [-0.3, -0.25) is 9.36 Å². The van der Waals surface area contributed by atoms with Crippen LogP contribution in [-0.2, 0) is 6.54 Å². The number of H-pyrrole nitrogens is 1. The monoisotopic (exact) mass is 287 g/mol. The number of fused-ring (bicyclic) bond motifs is 1. The highest BCUT2D eigenvalue weighted by Crippen LogP contribution is 2.14. The molecule has 0 saturated heterocycles. The molecule has 0 bridgehead atoms. The van der Waals surface area contributed by atoms with Gasteiger partial charge in [0, 0.05) is 5.56 Å². The third-order valence-electron chi connectivity index (χ3n) is 3.39. The molecule has 0 atom stereocenters. The summed E-state index contributed by atoms with van der Waals surface area (Å²) in [6.45, 7) is 4.04. The van der Waals surface area contributed by atoms with E-state index in [9.17, 15) is 4.79 Å². The van der Waals surface area contributed by atoms with E-state index in [-0.39, 0.29) is 5.56 Å². The minimum atomic E-state index is -0.107. The lowest BCUT2D eigenvalue weighted by molar-refractivity contribution is 0.392. The van der Waals surface area contributed by atoms with Crippen molar-refractivity contribution in [3.8, 4) is 0 Å². The van der Waals surface area contributed by atoms with Crippen LogP contribution in [0.2, 0.25) is 0 Å². The summed E-state index contributed by atoms with van der Waals surface area (Å²) in [5.41, 5.74) is 2.31. The second-order valence-corrected chi connectivity index (χ2v) is 5.06. The molecule has 0 unspecified atom stereocenters. The summed E-state index contributed by atoms with van der Waals surface area (Å²) in [5.74, 6) is 0.706. The van der Waals surface area contributed by atoms with Crippen molar-refractivity contribution in [1.82, 2.24) is 14.7 Å². The van der Waals surface area contributed by atoms with Gasteiger partial charge >= 0.3 is 0 Å².